The number of nitrogens with one attached hydrogen (secondary N) is 1. The Morgan fingerprint density at radius 3 is 2.35 bits per heavy atom. The minimum atomic E-state index is 0.0840. The SMILES string of the molecule is CN(CC(=O)Nc1ccccc1)C1CCCCCCC1. The fourth-order valence-corrected chi connectivity index (χ4v) is 2.95. The number of benzene rings is 1. The first-order valence-electron chi connectivity index (χ1n) is 7.81. The van der Waals surface area contributed by atoms with Gasteiger partial charge in [0.25, 0.3) is 0 Å². The molecule has 110 valence electrons. The third-order valence-electron chi connectivity index (χ3n) is 4.15. The second-order valence-corrected chi connectivity index (χ2v) is 5.83. The molecule has 0 heterocycles. The summed E-state index contributed by atoms with van der Waals surface area (Å²) in [5.74, 6) is 0.0840. The molecule has 1 aliphatic rings. The maximum Gasteiger partial charge on any atom is 0.238 e. The Morgan fingerprint density at radius 1 is 1.10 bits per heavy atom. The number of carbonyl (C=O) groups excluding carboxylic acids is 1. The van der Waals surface area contributed by atoms with Gasteiger partial charge in [-0.2, -0.15) is 0 Å². The highest BCUT2D eigenvalue weighted by Gasteiger charge is 2.18. The first-order chi connectivity index (χ1) is 9.75. The average Bonchev–Trinajstić information content (AvgIpc) is 2.38. The van der Waals surface area contributed by atoms with Gasteiger partial charge in [-0.3, -0.25) is 9.69 Å². The van der Waals surface area contributed by atoms with Crippen molar-refractivity contribution >= 4 is 11.6 Å². The van der Waals surface area contributed by atoms with E-state index in [0.717, 1.165) is 5.69 Å². The molecule has 0 atom stereocenters. The van der Waals surface area contributed by atoms with E-state index in [1.165, 1.54) is 44.9 Å². The van der Waals surface area contributed by atoms with Crippen LogP contribution in [0.1, 0.15) is 44.9 Å². The number of para-hydroxylation sites is 1. The Kier molecular flexibility index (Phi) is 6.06. The van der Waals surface area contributed by atoms with Crippen molar-refractivity contribution in [2.24, 2.45) is 0 Å². The molecule has 1 amide bonds. The molecule has 0 aliphatic heterocycles. The van der Waals surface area contributed by atoms with Crippen LogP contribution in [0.15, 0.2) is 30.3 Å². The average molecular weight is 274 g/mol. The van der Waals surface area contributed by atoms with Crippen molar-refractivity contribution in [2.75, 3.05) is 18.9 Å². The molecule has 1 aliphatic carbocycles. The van der Waals surface area contributed by atoms with Crippen LogP contribution < -0.4 is 5.32 Å². The molecular formula is C17H26N2O. The molecule has 20 heavy (non-hydrogen) atoms. The first kappa shape index (κ1) is 15.0. The van der Waals surface area contributed by atoms with Gasteiger partial charge in [0, 0.05) is 11.7 Å². The van der Waals surface area contributed by atoms with E-state index in [1.807, 2.05) is 30.3 Å². The van der Waals surface area contributed by atoms with Crippen LogP contribution in [0.4, 0.5) is 5.69 Å². The smallest absolute Gasteiger partial charge is 0.238 e. The Labute approximate surface area is 122 Å². The molecule has 2 rings (SSSR count). The molecule has 3 nitrogen and oxygen atoms in total. The second-order valence-electron chi connectivity index (χ2n) is 5.83. The molecule has 0 saturated heterocycles. The lowest BCUT2D eigenvalue weighted by atomic mass is 9.96. The van der Waals surface area contributed by atoms with Gasteiger partial charge in [0.05, 0.1) is 6.54 Å². The molecule has 1 N–H and O–H groups in total. The lowest BCUT2D eigenvalue weighted by molar-refractivity contribution is -0.117. The molecule has 0 bridgehead atoms. The lowest BCUT2D eigenvalue weighted by Gasteiger charge is -2.29. The first-order valence-corrected chi connectivity index (χ1v) is 7.81. The Bertz CT molecular complexity index is 397. The molecular weight excluding hydrogens is 248 g/mol. The molecule has 0 spiro atoms. The van der Waals surface area contributed by atoms with Crippen LogP contribution >= 0.6 is 0 Å². The molecule has 1 fully saturated rings. The van der Waals surface area contributed by atoms with Crippen LogP contribution in [0.2, 0.25) is 0 Å². The van der Waals surface area contributed by atoms with Gasteiger partial charge in [0.2, 0.25) is 5.91 Å². The number of carbonyl (C=O) groups is 1. The van der Waals surface area contributed by atoms with Crippen LogP contribution in [0.25, 0.3) is 0 Å². The van der Waals surface area contributed by atoms with E-state index in [2.05, 4.69) is 17.3 Å². The van der Waals surface area contributed by atoms with Crippen molar-refractivity contribution < 1.29 is 4.79 Å². The molecule has 0 aromatic heterocycles. The van der Waals surface area contributed by atoms with Crippen LogP contribution in [0.5, 0.6) is 0 Å². The van der Waals surface area contributed by atoms with E-state index in [4.69, 9.17) is 0 Å². The zero-order chi connectivity index (χ0) is 14.2. The summed E-state index contributed by atoms with van der Waals surface area (Å²) in [6.45, 7) is 0.486. The summed E-state index contributed by atoms with van der Waals surface area (Å²) in [7, 11) is 2.08. The molecule has 3 heteroatoms. The van der Waals surface area contributed by atoms with Crippen molar-refractivity contribution in [1.82, 2.24) is 4.90 Å². The monoisotopic (exact) mass is 274 g/mol. The molecule has 1 saturated carbocycles. The van der Waals surface area contributed by atoms with Gasteiger partial charge < -0.3 is 5.32 Å². The summed E-state index contributed by atoms with van der Waals surface area (Å²) < 4.78 is 0. The van der Waals surface area contributed by atoms with E-state index in [0.29, 0.717) is 12.6 Å². The van der Waals surface area contributed by atoms with E-state index in [9.17, 15) is 4.79 Å². The summed E-state index contributed by atoms with van der Waals surface area (Å²) in [4.78, 5) is 14.3. The maximum absolute atomic E-state index is 12.1. The fourth-order valence-electron chi connectivity index (χ4n) is 2.95. The van der Waals surface area contributed by atoms with Gasteiger partial charge in [0.15, 0.2) is 0 Å². The molecule has 1 aromatic carbocycles. The highest BCUT2D eigenvalue weighted by Crippen LogP contribution is 2.20. The summed E-state index contributed by atoms with van der Waals surface area (Å²) >= 11 is 0. The van der Waals surface area contributed by atoms with Crippen molar-refractivity contribution in [3.63, 3.8) is 0 Å². The topological polar surface area (TPSA) is 32.3 Å². The van der Waals surface area contributed by atoms with Crippen LogP contribution in [-0.2, 0) is 4.79 Å². The van der Waals surface area contributed by atoms with Gasteiger partial charge in [-0.15, -0.1) is 0 Å². The Hall–Kier alpha value is -1.35. The van der Waals surface area contributed by atoms with Crippen LogP contribution in [0.3, 0.4) is 0 Å². The van der Waals surface area contributed by atoms with Crippen molar-refractivity contribution in [2.45, 2.75) is 51.0 Å². The minimum absolute atomic E-state index is 0.0840. The van der Waals surface area contributed by atoms with Crippen LogP contribution in [-0.4, -0.2) is 30.4 Å². The van der Waals surface area contributed by atoms with E-state index >= 15 is 0 Å². The Morgan fingerprint density at radius 2 is 1.70 bits per heavy atom. The number of likely N-dealkylation sites (N-methyl/N-ethyl adjacent to an activating group) is 1. The third kappa shape index (κ3) is 4.97. The predicted octanol–water partition coefficient (Wildman–Crippen LogP) is 3.67. The molecule has 1 aromatic rings. The zero-order valence-electron chi connectivity index (χ0n) is 12.5. The summed E-state index contributed by atoms with van der Waals surface area (Å²) in [6, 6.07) is 10.2. The summed E-state index contributed by atoms with van der Waals surface area (Å²) in [5, 5.41) is 2.96. The van der Waals surface area contributed by atoms with Crippen molar-refractivity contribution in [3.8, 4) is 0 Å². The highest BCUT2D eigenvalue weighted by molar-refractivity contribution is 5.92. The van der Waals surface area contributed by atoms with E-state index in [1.54, 1.807) is 0 Å². The largest absolute Gasteiger partial charge is 0.325 e. The number of hydrogen-bond donors (Lipinski definition) is 1. The third-order valence-corrected chi connectivity index (χ3v) is 4.15. The fraction of sp³-hybridized carbons (Fsp3) is 0.588. The zero-order valence-corrected chi connectivity index (χ0v) is 12.5. The van der Waals surface area contributed by atoms with E-state index < -0.39 is 0 Å². The molecule has 0 radical (unpaired) electrons. The Balaban J connectivity index is 1.80. The number of hydrogen-bond acceptors (Lipinski definition) is 2. The standard InChI is InChI=1S/C17H26N2O/c1-19(16-12-8-3-2-4-9-13-16)14-17(20)18-15-10-6-5-7-11-15/h5-7,10-11,16H,2-4,8-9,12-14H2,1H3,(H,18,20). The number of rotatable bonds is 4. The van der Waals surface area contributed by atoms with E-state index in [-0.39, 0.29) is 5.91 Å². The van der Waals surface area contributed by atoms with Crippen LogP contribution in [0, 0.1) is 0 Å². The summed E-state index contributed by atoms with van der Waals surface area (Å²) in [5.41, 5.74) is 0.878. The van der Waals surface area contributed by atoms with Gasteiger partial charge in [0.1, 0.15) is 0 Å². The predicted molar refractivity (Wildman–Crippen MR) is 83.8 cm³/mol. The number of nitrogens with zero attached hydrogens (tertiary/aromatic N) is 1. The van der Waals surface area contributed by atoms with Gasteiger partial charge in [-0.25, -0.2) is 0 Å². The number of anilines is 1. The molecule has 0 unspecified atom stereocenters. The second kappa shape index (κ2) is 8.05. The van der Waals surface area contributed by atoms with Crippen molar-refractivity contribution in [3.05, 3.63) is 30.3 Å². The minimum Gasteiger partial charge on any atom is -0.325 e. The van der Waals surface area contributed by atoms with Gasteiger partial charge in [-0.1, -0.05) is 50.3 Å². The van der Waals surface area contributed by atoms with Gasteiger partial charge in [-0.05, 0) is 32.0 Å². The quantitative estimate of drug-likeness (QED) is 0.908. The summed E-state index contributed by atoms with van der Waals surface area (Å²) in [6.07, 6.45) is 9.14. The number of amides is 1. The maximum atomic E-state index is 12.1. The lowest BCUT2D eigenvalue weighted by Crippen LogP contribution is -2.38. The van der Waals surface area contributed by atoms with Gasteiger partial charge >= 0.3 is 0 Å². The normalized spacial score (nSPS) is 17.5. The van der Waals surface area contributed by atoms with Crippen molar-refractivity contribution in [1.29, 1.82) is 0 Å². The highest BCUT2D eigenvalue weighted by atomic mass is 16.2.